The van der Waals surface area contributed by atoms with Crippen LogP contribution in [0, 0.1) is 0 Å². The van der Waals surface area contributed by atoms with Crippen LogP contribution >= 0.6 is 0 Å². The number of rotatable bonds is 7. The Morgan fingerprint density at radius 2 is 1.40 bits per heavy atom. The zero-order chi connectivity index (χ0) is 18.1. The zero-order valence-corrected chi connectivity index (χ0v) is 13.8. The van der Waals surface area contributed by atoms with E-state index in [4.69, 9.17) is 14.2 Å². The fraction of sp³-hybridized carbons (Fsp3) is 0.100. The van der Waals surface area contributed by atoms with Crippen LogP contribution in [0.15, 0.2) is 67.3 Å². The van der Waals surface area contributed by atoms with Crippen LogP contribution in [-0.2, 0) is 9.59 Å². The van der Waals surface area contributed by atoms with Crippen molar-refractivity contribution in [3.05, 3.63) is 72.8 Å². The Bertz CT molecular complexity index is 758. The van der Waals surface area contributed by atoms with Gasteiger partial charge < -0.3 is 14.2 Å². The summed E-state index contributed by atoms with van der Waals surface area (Å²) >= 11 is 0. The van der Waals surface area contributed by atoms with Crippen LogP contribution in [0.3, 0.4) is 0 Å². The summed E-state index contributed by atoms with van der Waals surface area (Å²) in [5.74, 6) is 0.404. The predicted octanol–water partition coefficient (Wildman–Crippen LogP) is 3.80. The molecule has 128 valence electrons. The van der Waals surface area contributed by atoms with Crippen molar-refractivity contribution in [3.63, 3.8) is 0 Å². The number of benzene rings is 2. The molecule has 25 heavy (non-hydrogen) atoms. The first-order valence-electron chi connectivity index (χ1n) is 7.67. The second-order valence-electron chi connectivity index (χ2n) is 4.85. The molecule has 5 heteroatoms. The Labute approximate surface area is 146 Å². The molecule has 0 aliphatic heterocycles. The lowest BCUT2D eigenvalue weighted by Crippen LogP contribution is -2.05. The van der Waals surface area contributed by atoms with Crippen molar-refractivity contribution in [2.24, 2.45) is 0 Å². The summed E-state index contributed by atoms with van der Waals surface area (Å²) in [6.07, 6.45) is 4.05. The van der Waals surface area contributed by atoms with Gasteiger partial charge in [-0.25, -0.2) is 9.59 Å². The lowest BCUT2D eigenvalue weighted by Gasteiger charge is -2.04. The number of carbonyl (C=O) groups is 2. The van der Waals surface area contributed by atoms with Crippen LogP contribution in [0.2, 0.25) is 0 Å². The van der Waals surface area contributed by atoms with E-state index in [2.05, 4.69) is 6.58 Å². The molecule has 0 radical (unpaired) electrons. The van der Waals surface area contributed by atoms with E-state index in [1.165, 1.54) is 30.3 Å². The number of hydrogen-bond donors (Lipinski definition) is 0. The molecule has 0 saturated heterocycles. The van der Waals surface area contributed by atoms with Gasteiger partial charge in [-0.05, 0) is 55.0 Å². The maximum atomic E-state index is 11.8. The fourth-order valence-corrected chi connectivity index (χ4v) is 1.89. The van der Waals surface area contributed by atoms with E-state index in [-0.39, 0.29) is 0 Å². The van der Waals surface area contributed by atoms with Crippen LogP contribution in [0.1, 0.15) is 12.5 Å². The Morgan fingerprint density at radius 1 is 0.880 bits per heavy atom. The van der Waals surface area contributed by atoms with Gasteiger partial charge in [0.1, 0.15) is 17.2 Å². The SMILES string of the molecule is C=CC(=O)Oc1ccc(OC(=O)C=Cc2ccc(OCC)cc2)cc1. The minimum atomic E-state index is -0.553. The third-order valence-electron chi connectivity index (χ3n) is 3.03. The quantitative estimate of drug-likeness (QED) is 0.437. The largest absolute Gasteiger partial charge is 0.494 e. The summed E-state index contributed by atoms with van der Waals surface area (Å²) in [5.41, 5.74) is 0.854. The molecular formula is C20H18O5. The monoisotopic (exact) mass is 338 g/mol. The van der Waals surface area contributed by atoms with Gasteiger partial charge in [-0.2, -0.15) is 0 Å². The molecule has 5 nitrogen and oxygen atoms in total. The van der Waals surface area contributed by atoms with E-state index >= 15 is 0 Å². The molecule has 0 N–H and O–H groups in total. The second-order valence-corrected chi connectivity index (χ2v) is 4.85. The van der Waals surface area contributed by atoms with Crippen LogP contribution in [-0.4, -0.2) is 18.5 Å². The predicted molar refractivity (Wildman–Crippen MR) is 94.6 cm³/mol. The van der Waals surface area contributed by atoms with Gasteiger partial charge in [-0.1, -0.05) is 18.7 Å². The molecule has 2 aromatic rings. The highest BCUT2D eigenvalue weighted by molar-refractivity contribution is 5.88. The summed E-state index contributed by atoms with van der Waals surface area (Å²) in [6.45, 7) is 5.84. The van der Waals surface area contributed by atoms with Gasteiger partial charge in [0.2, 0.25) is 0 Å². The number of esters is 2. The molecule has 2 aromatic carbocycles. The topological polar surface area (TPSA) is 61.8 Å². The van der Waals surface area contributed by atoms with E-state index in [1.807, 2.05) is 31.2 Å². The molecule has 2 rings (SSSR count). The molecule has 0 heterocycles. The Kier molecular flexibility index (Phi) is 6.54. The maximum Gasteiger partial charge on any atom is 0.336 e. The fourth-order valence-electron chi connectivity index (χ4n) is 1.89. The van der Waals surface area contributed by atoms with Gasteiger partial charge in [0.25, 0.3) is 0 Å². The van der Waals surface area contributed by atoms with Crippen LogP contribution in [0.5, 0.6) is 17.2 Å². The van der Waals surface area contributed by atoms with Crippen LogP contribution in [0.25, 0.3) is 6.08 Å². The van der Waals surface area contributed by atoms with E-state index in [9.17, 15) is 9.59 Å². The van der Waals surface area contributed by atoms with Gasteiger partial charge in [0, 0.05) is 12.2 Å². The van der Waals surface area contributed by atoms with Gasteiger partial charge in [-0.3, -0.25) is 0 Å². The van der Waals surface area contributed by atoms with Crippen molar-refractivity contribution in [2.75, 3.05) is 6.61 Å². The van der Waals surface area contributed by atoms with Crippen LogP contribution in [0.4, 0.5) is 0 Å². The Hall–Kier alpha value is -3.34. The summed E-state index contributed by atoms with van der Waals surface area (Å²) in [7, 11) is 0. The standard InChI is InChI=1S/C20H18O5/c1-3-19(21)24-17-10-12-18(13-11-17)25-20(22)14-7-15-5-8-16(9-6-15)23-4-2/h3,5-14H,1,4H2,2H3. The van der Waals surface area contributed by atoms with E-state index in [0.29, 0.717) is 18.1 Å². The van der Waals surface area contributed by atoms with Crippen molar-refractivity contribution in [3.8, 4) is 17.2 Å². The van der Waals surface area contributed by atoms with E-state index in [1.54, 1.807) is 6.08 Å². The summed E-state index contributed by atoms with van der Waals surface area (Å²) in [5, 5.41) is 0. The Balaban J connectivity index is 1.90. The summed E-state index contributed by atoms with van der Waals surface area (Å²) in [4.78, 5) is 22.9. The third-order valence-corrected chi connectivity index (χ3v) is 3.03. The van der Waals surface area contributed by atoms with Crippen molar-refractivity contribution in [1.29, 1.82) is 0 Å². The lowest BCUT2D eigenvalue weighted by atomic mass is 10.2. The molecule has 0 saturated carbocycles. The molecule has 0 spiro atoms. The van der Waals surface area contributed by atoms with Crippen molar-refractivity contribution in [1.82, 2.24) is 0 Å². The highest BCUT2D eigenvalue weighted by Gasteiger charge is 2.03. The van der Waals surface area contributed by atoms with Crippen molar-refractivity contribution in [2.45, 2.75) is 6.92 Å². The minimum absolute atomic E-state index is 0.342. The highest BCUT2D eigenvalue weighted by atomic mass is 16.5. The first kappa shape index (κ1) is 18.0. The molecule has 0 aliphatic rings. The molecule has 0 fully saturated rings. The third kappa shape index (κ3) is 5.99. The van der Waals surface area contributed by atoms with E-state index in [0.717, 1.165) is 17.4 Å². The first-order chi connectivity index (χ1) is 12.1. The van der Waals surface area contributed by atoms with Gasteiger partial charge in [0.15, 0.2) is 0 Å². The highest BCUT2D eigenvalue weighted by Crippen LogP contribution is 2.18. The molecule has 0 amide bonds. The van der Waals surface area contributed by atoms with E-state index < -0.39 is 11.9 Å². The summed E-state index contributed by atoms with van der Waals surface area (Å²) < 4.78 is 15.5. The van der Waals surface area contributed by atoms with Crippen LogP contribution < -0.4 is 14.2 Å². The average molecular weight is 338 g/mol. The summed E-state index contributed by atoms with van der Waals surface area (Å²) in [6, 6.07) is 13.5. The van der Waals surface area contributed by atoms with Crippen molar-refractivity contribution >= 4 is 18.0 Å². The molecule has 0 aliphatic carbocycles. The average Bonchev–Trinajstić information content (AvgIpc) is 2.63. The smallest absolute Gasteiger partial charge is 0.336 e. The molecular weight excluding hydrogens is 320 g/mol. The molecule has 0 unspecified atom stereocenters. The molecule has 0 atom stereocenters. The second kappa shape index (κ2) is 9.08. The number of hydrogen-bond acceptors (Lipinski definition) is 5. The Morgan fingerprint density at radius 3 is 1.92 bits per heavy atom. The first-order valence-corrected chi connectivity index (χ1v) is 7.67. The maximum absolute atomic E-state index is 11.8. The molecule has 0 bridgehead atoms. The lowest BCUT2D eigenvalue weighted by molar-refractivity contribution is -0.130. The normalized spacial score (nSPS) is 10.3. The zero-order valence-electron chi connectivity index (χ0n) is 13.8. The van der Waals surface area contributed by atoms with Gasteiger partial charge in [-0.15, -0.1) is 0 Å². The number of carbonyl (C=O) groups excluding carboxylic acids is 2. The van der Waals surface area contributed by atoms with Gasteiger partial charge in [0.05, 0.1) is 6.61 Å². The minimum Gasteiger partial charge on any atom is -0.494 e. The van der Waals surface area contributed by atoms with Crippen molar-refractivity contribution < 1.29 is 23.8 Å². The number of ether oxygens (including phenoxy) is 3. The van der Waals surface area contributed by atoms with Gasteiger partial charge >= 0.3 is 11.9 Å². The molecule has 0 aromatic heterocycles.